The lowest BCUT2D eigenvalue weighted by atomic mass is 10.1. The molecule has 3 rings (SSSR count). The maximum absolute atomic E-state index is 12.2. The molecule has 0 saturated carbocycles. The van der Waals surface area contributed by atoms with Crippen molar-refractivity contribution in [3.05, 3.63) is 30.1 Å². The van der Waals surface area contributed by atoms with Crippen LogP contribution < -0.4 is 10.6 Å². The van der Waals surface area contributed by atoms with Crippen molar-refractivity contribution < 1.29 is 9.53 Å². The van der Waals surface area contributed by atoms with Gasteiger partial charge in [-0.1, -0.05) is 19.1 Å². The van der Waals surface area contributed by atoms with Crippen LogP contribution in [0.15, 0.2) is 24.3 Å². The van der Waals surface area contributed by atoms with Crippen molar-refractivity contribution >= 4 is 17.1 Å². The number of para-hydroxylation sites is 2. The van der Waals surface area contributed by atoms with Crippen molar-refractivity contribution in [1.29, 1.82) is 0 Å². The highest BCUT2D eigenvalue weighted by Crippen LogP contribution is 2.18. The number of nitrogens with zero attached hydrogens (tertiary/aromatic N) is 2. The SMILES string of the molecule is CC[C@@H](NC(=O)NCCc1nc2ccccc2n1CC)[C@@H]1CCCO1. The lowest BCUT2D eigenvalue weighted by molar-refractivity contribution is 0.0797. The average molecular weight is 344 g/mol. The number of rotatable bonds is 7. The van der Waals surface area contributed by atoms with Gasteiger partial charge in [-0.15, -0.1) is 0 Å². The Bertz CT molecular complexity index is 707. The molecular formula is C19H28N4O2. The van der Waals surface area contributed by atoms with Gasteiger partial charge in [0, 0.05) is 26.1 Å². The highest BCUT2D eigenvalue weighted by molar-refractivity contribution is 5.76. The van der Waals surface area contributed by atoms with Crippen LogP contribution in [-0.2, 0) is 17.7 Å². The molecule has 0 bridgehead atoms. The third-order valence-corrected chi connectivity index (χ3v) is 4.85. The Morgan fingerprint density at radius 1 is 1.40 bits per heavy atom. The van der Waals surface area contributed by atoms with Gasteiger partial charge in [0.25, 0.3) is 0 Å². The fraction of sp³-hybridized carbons (Fsp3) is 0.579. The van der Waals surface area contributed by atoms with Crippen LogP contribution in [0, 0.1) is 0 Å². The molecular weight excluding hydrogens is 316 g/mol. The number of benzene rings is 1. The van der Waals surface area contributed by atoms with Crippen molar-refractivity contribution in [2.75, 3.05) is 13.2 Å². The first-order valence-electron chi connectivity index (χ1n) is 9.33. The normalized spacial score (nSPS) is 18.4. The molecule has 2 heterocycles. The number of urea groups is 1. The van der Waals surface area contributed by atoms with Crippen LogP contribution >= 0.6 is 0 Å². The first-order valence-corrected chi connectivity index (χ1v) is 9.33. The second-order valence-corrected chi connectivity index (χ2v) is 6.48. The number of ether oxygens (including phenoxy) is 1. The molecule has 2 aromatic rings. The number of aryl methyl sites for hydroxylation is 1. The zero-order valence-electron chi connectivity index (χ0n) is 15.1. The number of amides is 2. The molecule has 1 aromatic carbocycles. The smallest absolute Gasteiger partial charge is 0.315 e. The molecule has 0 aliphatic carbocycles. The predicted molar refractivity (Wildman–Crippen MR) is 98.7 cm³/mol. The van der Waals surface area contributed by atoms with E-state index in [1.165, 1.54) is 0 Å². The number of hydrogen-bond acceptors (Lipinski definition) is 3. The van der Waals surface area contributed by atoms with E-state index in [-0.39, 0.29) is 18.2 Å². The second kappa shape index (κ2) is 8.34. The van der Waals surface area contributed by atoms with Crippen molar-refractivity contribution in [3.63, 3.8) is 0 Å². The van der Waals surface area contributed by atoms with Crippen molar-refractivity contribution in [2.45, 2.75) is 58.2 Å². The van der Waals surface area contributed by atoms with Gasteiger partial charge in [0.2, 0.25) is 0 Å². The van der Waals surface area contributed by atoms with E-state index in [1.54, 1.807) is 0 Å². The number of aromatic nitrogens is 2. The minimum absolute atomic E-state index is 0.0858. The summed E-state index contributed by atoms with van der Waals surface area (Å²) in [5.41, 5.74) is 2.15. The fourth-order valence-electron chi connectivity index (χ4n) is 3.55. The number of fused-ring (bicyclic) bond motifs is 1. The van der Waals surface area contributed by atoms with Crippen molar-refractivity contribution in [3.8, 4) is 0 Å². The number of carbonyl (C=O) groups is 1. The summed E-state index contributed by atoms with van der Waals surface area (Å²) in [5.74, 6) is 1.01. The highest BCUT2D eigenvalue weighted by atomic mass is 16.5. The van der Waals surface area contributed by atoms with E-state index in [4.69, 9.17) is 9.72 Å². The average Bonchev–Trinajstić information content (AvgIpc) is 3.27. The van der Waals surface area contributed by atoms with Crippen molar-refractivity contribution in [2.24, 2.45) is 0 Å². The predicted octanol–water partition coefficient (Wildman–Crippen LogP) is 2.86. The third kappa shape index (κ3) is 4.12. The molecule has 0 unspecified atom stereocenters. The monoisotopic (exact) mass is 344 g/mol. The van der Waals surface area contributed by atoms with Crippen LogP contribution in [0.25, 0.3) is 11.0 Å². The van der Waals surface area contributed by atoms with E-state index in [2.05, 4.69) is 35.1 Å². The van der Waals surface area contributed by atoms with Gasteiger partial charge in [-0.3, -0.25) is 0 Å². The first kappa shape index (κ1) is 17.7. The Kier molecular flexibility index (Phi) is 5.91. The number of carbonyl (C=O) groups excluding carboxylic acids is 1. The van der Waals surface area contributed by atoms with E-state index in [1.807, 2.05) is 18.2 Å². The van der Waals surface area contributed by atoms with E-state index in [9.17, 15) is 4.79 Å². The molecule has 0 spiro atoms. The molecule has 1 fully saturated rings. The minimum atomic E-state index is -0.124. The number of imidazole rings is 1. The molecule has 25 heavy (non-hydrogen) atoms. The molecule has 1 saturated heterocycles. The molecule has 1 aliphatic heterocycles. The first-order chi connectivity index (χ1) is 12.2. The fourth-order valence-corrected chi connectivity index (χ4v) is 3.55. The van der Waals surface area contributed by atoms with Crippen LogP contribution in [0.5, 0.6) is 0 Å². The van der Waals surface area contributed by atoms with E-state index < -0.39 is 0 Å². The van der Waals surface area contributed by atoms with Gasteiger partial charge in [-0.05, 0) is 38.3 Å². The number of hydrogen-bond donors (Lipinski definition) is 2. The maximum atomic E-state index is 12.2. The molecule has 6 heteroatoms. The van der Waals surface area contributed by atoms with Gasteiger partial charge in [-0.25, -0.2) is 9.78 Å². The summed E-state index contributed by atoms with van der Waals surface area (Å²) in [7, 11) is 0. The molecule has 1 aromatic heterocycles. The van der Waals surface area contributed by atoms with Crippen LogP contribution in [0.3, 0.4) is 0 Å². The summed E-state index contributed by atoms with van der Waals surface area (Å²) >= 11 is 0. The molecule has 2 amide bonds. The zero-order valence-corrected chi connectivity index (χ0v) is 15.1. The summed E-state index contributed by atoms with van der Waals surface area (Å²) in [4.78, 5) is 16.9. The Morgan fingerprint density at radius 2 is 2.24 bits per heavy atom. The topological polar surface area (TPSA) is 68.2 Å². The van der Waals surface area contributed by atoms with Gasteiger partial charge in [0.1, 0.15) is 5.82 Å². The Labute approximate surface area is 149 Å². The Morgan fingerprint density at radius 3 is 2.96 bits per heavy atom. The summed E-state index contributed by atoms with van der Waals surface area (Å²) < 4.78 is 7.89. The summed E-state index contributed by atoms with van der Waals surface area (Å²) in [5, 5.41) is 6.00. The molecule has 6 nitrogen and oxygen atoms in total. The quantitative estimate of drug-likeness (QED) is 0.811. The molecule has 136 valence electrons. The van der Waals surface area contributed by atoms with E-state index in [0.717, 1.165) is 49.3 Å². The van der Waals surface area contributed by atoms with Crippen LogP contribution in [0.2, 0.25) is 0 Å². The second-order valence-electron chi connectivity index (χ2n) is 6.48. The van der Waals surface area contributed by atoms with Gasteiger partial charge >= 0.3 is 6.03 Å². The molecule has 1 aliphatic rings. The molecule has 0 radical (unpaired) electrons. The molecule has 2 atom stereocenters. The standard InChI is InChI=1S/C19H28N4O2/c1-3-14(17-10-7-13-25-17)22-19(24)20-12-11-18-21-15-8-5-6-9-16(15)23(18)4-2/h5-6,8-9,14,17H,3-4,7,10-13H2,1-2H3,(H2,20,22,24)/t14-,17+/m1/s1. The summed E-state index contributed by atoms with van der Waals surface area (Å²) in [6.45, 7) is 6.44. The van der Waals surface area contributed by atoms with Gasteiger partial charge in [0.15, 0.2) is 0 Å². The summed E-state index contributed by atoms with van der Waals surface area (Å²) in [6, 6.07) is 8.11. The Balaban J connectivity index is 1.53. The maximum Gasteiger partial charge on any atom is 0.315 e. The van der Waals surface area contributed by atoms with Gasteiger partial charge < -0.3 is 19.9 Å². The zero-order chi connectivity index (χ0) is 17.6. The lowest BCUT2D eigenvalue weighted by Gasteiger charge is -2.23. The van der Waals surface area contributed by atoms with Crippen molar-refractivity contribution in [1.82, 2.24) is 20.2 Å². The number of nitrogens with one attached hydrogen (secondary N) is 2. The molecule has 2 N–H and O–H groups in total. The lowest BCUT2D eigenvalue weighted by Crippen LogP contribution is -2.47. The Hall–Kier alpha value is -2.08. The highest BCUT2D eigenvalue weighted by Gasteiger charge is 2.25. The van der Waals surface area contributed by atoms with E-state index in [0.29, 0.717) is 13.0 Å². The van der Waals surface area contributed by atoms with Gasteiger partial charge in [-0.2, -0.15) is 0 Å². The van der Waals surface area contributed by atoms with E-state index >= 15 is 0 Å². The van der Waals surface area contributed by atoms with Crippen LogP contribution in [0.4, 0.5) is 4.79 Å². The van der Waals surface area contributed by atoms with Gasteiger partial charge in [0.05, 0.1) is 23.2 Å². The minimum Gasteiger partial charge on any atom is -0.376 e. The largest absolute Gasteiger partial charge is 0.376 e. The van der Waals surface area contributed by atoms with Crippen LogP contribution in [-0.4, -0.2) is 40.9 Å². The third-order valence-electron chi connectivity index (χ3n) is 4.85. The summed E-state index contributed by atoms with van der Waals surface area (Å²) in [6.07, 6.45) is 3.85. The van der Waals surface area contributed by atoms with Crippen LogP contribution in [0.1, 0.15) is 38.9 Å².